The van der Waals surface area contributed by atoms with E-state index in [0.29, 0.717) is 12.3 Å². The molecule has 1 amide bonds. The average molecular weight is 374 g/mol. The highest BCUT2D eigenvalue weighted by atomic mass is 35.5. The highest BCUT2D eigenvalue weighted by molar-refractivity contribution is 6.30. The molecule has 0 unspecified atom stereocenters. The molecule has 0 aromatic heterocycles. The number of aryl methyl sites for hydroxylation is 1. The lowest BCUT2D eigenvalue weighted by molar-refractivity contribution is -0.127. The Bertz CT molecular complexity index is 702. The number of carbonyl (C=O) groups excluding carboxylic acids is 1. The number of ether oxygens (including phenoxy) is 1. The fraction of sp³-hybridized carbons (Fsp3) is 0.409. The first-order valence-corrected chi connectivity index (χ1v) is 9.43. The second kappa shape index (κ2) is 9.09. The summed E-state index contributed by atoms with van der Waals surface area (Å²) >= 11 is 5.88. The highest BCUT2D eigenvalue weighted by Crippen LogP contribution is 2.24. The lowest BCUT2D eigenvalue weighted by Crippen LogP contribution is -2.36. The van der Waals surface area contributed by atoms with Crippen LogP contribution in [-0.4, -0.2) is 18.6 Å². The molecule has 0 saturated carbocycles. The van der Waals surface area contributed by atoms with Crippen molar-refractivity contribution in [2.24, 2.45) is 0 Å². The second-order valence-corrected chi connectivity index (χ2v) is 7.99. The molecule has 0 aliphatic carbocycles. The van der Waals surface area contributed by atoms with E-state index < -0.39 is 6.10 Å². The van der Waals surface area contributed by atoms with Crippen LogP contribution in [0.3, 0.4) is 0 Å². The van der Waals surface area contributed by atoms with Gasteiger partial charge in [0.2, 0.25) is 0 Å². The molecule has 3 nitrogen and oxygen atoms in total. The van der Waals surface area contributed by atoms with Gasteiger partial charge in [-0.15, -0.1) is 0 Å². The van der Waals surface area contributed by atoms with Gasteiger partial charge < -0.3 is 10.1 Å². The topological polar surface area (TPSA) is 38.3 Å². The Morgan fingerprint density at radius 2 is 1.69 bits per heavy atom. The summed E-state index contributed by atoms with van der Waals surface area (Å²) in [6, 6.07) is 15.7. The maximum Gasteiger partial charge on any atom is 0.260 e. The molecular weight excluding hydrogens is 346 g/mol. The molecule has 1 atom stereocenters. The van der Waals surface area contributed by atoms with Crippen LogP contribution in [0.15, 0.2) is 48.5 Å². The number of hydrogen-bond acceptors (Lipinski definition) is 2. The molecule has 2 rings (SSSR count). The number of benzene rings is 2. The summed E-state index contributed by atoms with van der Waals surface area (Å²) in [5.41, 5.74) is 2.56. The molecule has 0 heterocycles. The summed E-state index contributed by atoms with van der Waals surface area (Å²) in [5, 5.41) is 3.67. The summed E-state index contributed by atoms with van der Waals surface area (Å²) in [6.07, 6.45) is 1.26. The fourth-order valence-corrected chi connectivity index (χ4v) is 2.72. The Morgan fingerprint density at radius 3 is 2.27 bits per heavy atom. The normalized spacial score (nSPS) is 12.5. The maximum absolute atomic E-state index is 12.2. The SMILES string of the molecule is C[C@@H](Oc1ccc(C(C)(C)C)cc1)C(=O)NCCCc1ccc(Cl)cc1. The largest absolute Gasteiger partial charge is 0.481 e. The monoisotopic (exact) mass is 373 g/mol. The van der Waals surface area contributed by atoms with E-state index in [1.54, 1.807) is 6.92 Å². The van der Waals surface area contributed by atoms with E-state index >= 15 is 0 Å². The van der Waals surface area contributed by atoms with E-state index in [0.717, 1.165) is 17.9 Å². The van der Waals surface area contributed by atoms with Gasteiger partial charge in [-0.25, -0.2) is 0 Å². The first-order valence-electron chi connectivity index (χ1n) is 9.05. The number of rotatable bonds is 7. The van der Waals surface area contributed by atoms with E-state index in [9.17, 15) is 4.79 Å². The van der Waals surface area contributed by atoms with Crippen LogP contribution in [0.1, 0.15) is 45.2 Å². The third-order valence-electron chi connectivity index (χ3n) is 4.26. The van der Waals surface area contributed by atoms with E-state index in [2.05, 4.69) is 26.1 Å². The van der Waals surface area contributed by atoms with Crippen LogP contribution in [0.2, 0.25) is 5.02 Å². The van der Waals surface area contributed by atoms with Crippen LogP contribution in [0, 0.1) is 0 Å². The highest BCUT2D eigenvalue weighted by Gasteiger charge is 2.16. The first kappa shape index (κ1) is 20.3. The van der Waals surface area contributed by atoms with Crippen molar-refractivity contribution in [3.05, 3.63) is 64.7 Å². The van der Waals surface area contributed by atoms with E-state index in [4.69, 9.17) is 16.3 Å². The van der Waals surface area contributed by atoms with Crippen molar-refractivity contribution in [3.8, 4) is 5.75 Å². The van der Waals surface area contributed by atoms with Gasteiger partial charge >= 0.3 is 0 Å². The minimum atomic E-state index is -0.522. The van der Waals surface area contributed by atoms with Gasteiger partial charge in [-0.2, -0.15) is 0 Å². The number of hydrogen-bond donors (Lipinski definition) is 1. The molecule has 0 aliphatic rings. The molecule has 0 spiro atoms. The van der Waals surface area contributed by atoms with Gasteiger partial charge in [0.15, 0.2) is 6.10 Å². The van der Waals surface area contributed by atoms with Gasteiger partial charge in [0.25, 0.3) is 5.91 Å². The molecule has 0 radical (unpaired) electrons. The third kappa shape index (κ3) is 6.38. The zero-order valence-corrected chi connectivity index (χ0v) is 16.8. The van der Waals surface area contributed by atoms with Crippen LogP contribution >= 0.6 is 11.6 Å². The molecule has 0 fully saturated rings. The molecule has 1 N–H and O–H groups in total. The molecule has 0 bridgehead atoms. The Balaban J connectivity index is 1.74. The first-order chi connectivity index (χ1) is 12.3. The molecule has 2 aromatic carbocycles. The Kier molecular flexibility index (Phi) is 7.10. The van der Waals surface area contributed by atoms with E-state index in [1.165, 1.54) is 11.1 Å². The van der Waals surface area contributed by atoms with E-state index in [1.807, 2.05) is 48.5 Å². The molecular formula is C22H28ClNO2. The number of amides is 1. The second-order valence-electron chi connectivity index (χ2n) is 7.56. The van der Waals surface area contributed by atoms with Crippen molar-refractivity contribution in [3.63, 3.8) is 0 Å². The Morgan fingerprint density at radius 1 is 1.08 bits per heavy atom. The van der Waals surface area contributed by atoms with Crippen LogP contribution in [0.5, 0.6) is 5.75 Å². The summed E-state index contributed by atoms with van der Waals surface area (Å²) in [6.45, 7) is 8.90. The number of carbonyl (C=O) groups is 1. The predicted molar refractivity (Wildman–Crippen MR) is 108 cm³/mol. The van der Waals surface area contributed by atoms with Gasteiger partial charge in [0, 0.05) is 11.6 Å². The van der Waals surface area contributed by atoms with Crippen molar-refractivity contribution in [1.29, 1.82) is 0 Å². The quantitative estimate of drug-likeness (QED) is 0.681. The predicted octanol–water partition coefficient (Wildman–Crippen LogP) is 5.15. The third-order valence-corrected chi connectivity index (χ3v) is 4.51. The average Bonchev–Trinajstić information content (AvgIpc) is 2.59. The Hall–Kier alpha value is -2.00. The summed E-state index contributed by atoms with van der Waals surface area (Å²) < 4.78 is 5.75. The summed E-state index contributed by atoms with van der Waals surface area (Å²) in [5.74, 6) is 0.614. The standard InChI is InChI=1S/C22H28ClNO2/c1-16(26-20-13-9-18(10-14-20)22(2,3)4)21(25)24-15-5-6-17-7-11-19(23)12-8-17/h7-14,16H,5-6,15H2,1-4H3,(H,24,25)/t16-/m1/s1. The number of nitrogens with one attached hydrogen (secondary N) is 1. The molecule has 2 aromatic rings. The van der Waals surface area contributed by atoms with Crippen molar-refractivity contribution in [2.45, 2.75) is 52.1 Å². The Labute approximate surface area is 161 Å². The summed E-state index contributed by atoms with van der Waals surface area (Å²) in [4.78, 5) is 12.2. The van der Waals surface area contributed by atoms with Gasteiger partial charge in [-0.3, -0.25) is 4.79 Å². The molecule has 0 saturated heterocycles. The molecule has 0 aliphatic heterocycles. The van der Waals surface area contributed by atoms with Gasteiger partial charge in [-0.1, -0.05) is 56.6 Å². The van der Waals surface area contributed by atoms with Gasteiger partial charge in [0.1, 0.15) is 5.75 Å². The molecule has 4 heteroatoms. The van der Waals surface area contributed by atoms with Crippen molar-refractivity contribution < 1.29 is 9.53 Å². The van der Waals surface area contributed by atoms with Crippen LogP contribution in [-0.2, 0) is 16.6 Å². The van der Waals surface area contributed by atoms with Crippen molar-refractivity contribution in [1.82, 2.24) is 5.32 Å². The van der Waals surface area contributed by atoms with Gasteiger partial charge in [-0.05, 0) is 60.6 Å². The lowest BCUT2D eigenvalue weighted by Gasteiger charge is -2.20. The van der Waals surface area contributed by atoms with E-state index in [-0.39, 0.29) is 11.3 Å². The zero-order chi connectivity index (χ0) is 19.2. The molecule has 140 valence electrons. The minimum Gasteiger partial charge on any atom is -0.481 e. The fourth-order valence-electron chi connectivity index (χ4n) is 2.59. The number of halogens is 1. The van der Waals surface area contributed by atoms with Crippen LogP contribution < -0.4 is 10.1 Å². The van der Waals surface area contributed by atoms with Crippen LogP contribution in [0.4, 0.5) is 0 Å². The molecule has 26 heavy (non-hydrogen) atoms. The van der Waals surface area contributed by atoms with Crippen LogP contribution in [0.25, 0.3) is 0 Å². The van der Waals surface area contributed by atoms with Gasteiger partial charge in [0.05, 0.1) is 0 Å². The maximum atomic E-state index is 12.2. The lowest BCUT2D eigenvalue weighted by atomic mass is 9.87. The minimum absolute atomic E-state index is 0.0963. The zero-order valence-electron chi connectivity index (χ0n) is 16.0. The van der Waals surface area contributed by atoms with Crippen molar-refractivity contribution in [2.75, 3.05) is 6.54 Å². The smallest absolute Gasteiger partial charge is 0.260 e. The van der Waals surface area contributed by atoms with Crippen molar-refractivity contribution >= 4 is 17.5 Å². The summed E-state index contributed by atoms with van der Waals surface area (Å²) in [7, 11) is 0.